The van der Waals surface area contributed by atoms with Crippen LogP contribution in [0.15, 0.2) is 12.8 Å². The van der Waals surface area contributed by atoms with Gasteiger partial charge in [0.1, 0.15) is 0 Å². The molecule has 0 amide bonds. The summed E-state index contributed by atoms with van der Waals surface area (Å²) >= 11 is 0. The largest absolute Gasteiger partial charge is 0.391 e. The Balaban J connectivity index is 3.60. The van der Waals surface area contributed by atoms with Gasteiger partial charge in [-0.1, -0.05) is 20.4 Å². The second-order valence-corrected chi connectivity index (χ2v) is 3.47. The average Bonchev–Trinajstić information content (AvgIpc) is 1.98. The maximum Gasteiger partial charge on any atom is 0.0710 e. The van der Waals surface area contributed by atoms with Crippen LogP contribution in [0.2, 0.25) is 0 Å². The molecule has 0 rings (SSSR count). The van der Waals surface area contributed by atoms with Gasteiger partial charge in [-0.05, 0) is 18.5 Å². The molecule has 0 aromatic heterocycles. The molecule has 0 saturated heterocycles. The highest BCUT2D eigenvalue weighted by Gasteiger charge is 2.14. The first-order valence-electron chi connectivity index (χ1n) is 4.35. The molecule has 0 aliphatic heterocycles. The van der Waals surface area contributed by atoms with Crippen LogP contribution in [0.3, 0.4) is 0 Å². The fraction of sp³-hybridized carbons (Fsp3) is 0.778. The lowest BCUT2D eigenvalue weighted by Gasteiger charge is -2.20. The standard InChI is InChI=1S/C9H20N2O/c1-4-11-6-8(10)9(12)5-7(2)3/h4,7-9,11-12H,1,5-6,10H2,2-3H3. The topological polar surface area (TPSA) is 58.3 Å². The Hall–Kier alpha value is -0.540. The van der Waals surface area contributed by atoms with Crippen molar-refractivity contribution in [2.24, 2.45) is 11.7 Å². The van der Waals surface area contributed by atoms with Gasteiger partial charge in [0.25, 0.3) is 0 Å². The van der Waals surface area contributed by atoms with Gasteiger partial charge in [-0.15, -0.1) is 0 Å². The molecular formula is C9H20N2O. The highest BCUT2D eigenvalue weighted by Crippen LogP contribution is 2.06. The maximum absolute atomic E-state index is 9.52. The van der Waals surface area contributed by atoms with Crippen LogP contribution in [0, 0.1) is 5.92 Å². The fourth-order valence-corrected chi connectivity index (χ4v) is 1.01. The highest BCUT2D eigenvalue weighted by atomic mass is 16.3. The van der Waals surface area contributed by atoms with Gasteiger partial charge in [0.15, 0.2) is 0 Å². The van der Waals surface area contributed by atoms with Gasteiger partial charge in [0.05, 0.1) is 6.10 Å². The van der Waals surface area contributed by atoms with E-state index in [0.29, 0.717) is 12.5 Å². The van der Waals surface area contributed by atoms with E-state index in [1.807, 2.05) is 0 Å². The third-order valence-electron chi connectivity index (χ3n) is 1.71. The predicted octanol–water partition coefficient (Wildman–Crippen LogP) is 0.454. The van der Waals surface area contributed by atoms with Crippen molar-refractivity contribution in [2.75, 3.05) is 6.54 Å². The van der Waals surface area contributed by atoms with Crippen LogP contribution in [0.4, 0.5) is 0 Å². The van der Waals surface area contributed by atoms with Crippen LogP contribution >= 0.6 is 0 Å². The van der Waals surface area contributed by atoms with Gasteiger partial charge < -0.3 is 16.2 Å². The first kappa shape index (κ1) is 11.5. The molecule has 3 heteroatoms. The number of aliphatic hydroxyl groups excluding tert-OH is 1. The molecule has 0 spiro atoms. The molecular weight excluding hydrogens is 152 g/mol. The van der Waals surface area contributed by atoms with Crippen molar-refractivity contribution in [1.82, 2.24) is 5.32 Å². The molecule has 72 valence electrons. The lowest BCUT2D eigenvalue weighted by Crippen LogP contribution is -2.42. The molecule has 0 fully saturated rings. The van der Waals surface area contributed by atoms with Gasteiger partial charge in [0.2, 0.25) is 0 Å². The van der Waals surface area contributed by atoms with Crippen molar-refractivity contribution in [1.29, 1.82) is 0 Å². The first-order valence-corrected chi connectivity index (χ1v) is 4.35. The molecule has 12 heavy (non-hydrogen) atoms. The Morgan fingerprint density at radius 3 is 2.58 bits per heavy atom. The zero-order valence-electron chi connectivity index (χ0n) is 7.96. The summed E-state index contributed by atoms with van der Waals surface area (Å²) in [6.45, 7) is 8.22. The molecule has 0 heterocycles. The summed E-state index contributed by atoms with van der Waals surface area (Å²) in [5, 5.41) is 12.4. The zero-order chi connectivity index (χ0) is 9.56. The molecule has 0 saturated carbocycles. The normalized spacial score (nSPS) is 15.8. The number of nitrogens with two attached hydrogens (primary N) is 1. The van der Waals surface area contributed by atoms with Gasteiger partial charge in [-0.2, -0.15) is 0 Å². The van der Waals surface area contributed by atoms with E-state index in [4.69, 9.17) is 5.73 Å². The molecule has 0 radical (unpaired) electrons. The summed E-state index contributed by atoms with van der Waals surface area (Å²) < 4.78 is 0. The second kappa shape index (κ2) is 6.03. The quantitative estimate of drug-likeness (QED) is 0.545. The number of aliphatic hydroxyl groups is 1. The fourth-order valence-electron chi connectivity index (χ4n) is 1.01. The van der Waals surface area contributed by atoms with Crippen LogP contribution in [0.25, 0.3) is 0 Å². The number of rotatable bonds is 6. The van der Waals surface area contributed by atoms with E-state index in [1.54, 1.807) is 6.20 Å². The summed E-state index contributed by atoms with van der Waals surface area (Å²) in [7, 11) is 0. The molecule has 0 aromatic rings. The van der Waals surface area contributed by atoms with Gasteiger partial charge in [0, 0.05) is 12.6 Å². The number of nitrogens with one attached hydrogen (secondary N) is 1. The Morgan fingerprint density at radius 2 is 2.17 bits per heavy atom. The summed E-state index contributed by atoms with van der Waals surface area (Å²) in [5.74, 6) is 0.481. The van der Waals surface area contributed by atoms with Gasteiger partial charge in [-0.3, -0.25) is 0 Å². The van der Waals surface area contributed by atoms with E-state index in [2.05, 4.69) is 25.7 Å². The van der Waals surface area contributed by atoms with E-state index in [9.17, 15) is 5.11 Å². The van der Waals surface area contributed by atoms with Crippen LogP contribution in [0.5, 0.6) is 0 Å². The molecule has 2 unspecified atom stereocenters. The molecule has 3 nitrogen and oxygen atoms in total. The Bertz CT molecular complexity index is 126. The first-order chi connectivity index (χ1) is 5.57. The Kier molecular flexibility index (Phi) is 5.76. The van der Waals surface area contributed by atoms with Crippen molar-refractivity contribution in [3.63, 3.8) is 0 Å². The van der Waals surface area contributed by atoms with E-state index < -0.39 is 6.10 Å². The van der Waals surface area contributed by atoms with E-state index in [1.165, 1.54) is 0 Å². The molecule has 4 N–H and O–H groups in total. The monoisotopic (exact) mass is 172 g/mol. The zero-order valence-corrected chi connectivity index (χ0v) is 7.96. The Labute approximate surface area is 74.7 Å². The van der Waals surface area contributed by atoms with E-state index in [-0.39, 0.29) is 6.04 Å². The summed E-state index contributed by atoms with van der Waals surface area (Å²) in [6.07, 6.45) is 1.92. The minimum Gasteiger partial charge on any atom is -0.391 e. The molecule has 2 atom stereocenters. The lowest BCUT2D eigenvalue weighted by atomic mass is 10.0. The Morgan fingerprint density at radius 1 is 1.58 bits per heavy atom. The number of hydrogen-bond acceptors (Lipinski definition) is 3. The molecule has 0 aliphatic carbocycles. The van der Waals surface area contributed by atoms with Gasteiger partial charge >= 0.3 is 0 Å². The van der Waals surface area contributed by atoms with E-state index >= 15 is 0 Å². The summed E-state index contributed by atoms with van der Waals surface area (Å²) in [4.78, 5) is 0. The van der Waals surface area contributed by atoms with Crippen LogP contribution in [0.1, 0.15) is 20.3 Å². The molecule has 0 aliphatic rings. The van der Waals surface area contributed by atoms with Crippen LogP contribution in [-0.2, 0) is 0 Å². The maximum atomic E-state index is 9.52. The SMILES string of the molecule is C=CNCC(N)C(O)CC(C)C. The van der Waals surface area contributed by atoms with Crippen LogP contribution in [-0.4, -0.2) is 23.8 Å². The third kappa shape index (κ3) is 5.16. The minimum absolute atomic E-state index is 0.203. The van der Waals surface area contributed by atoms with Crippen molar-refractivity contribution >= 4 is 0 Å². The lowest BCUT2D eigenvalue weighted by molar-refractivity contribution is 0.121. The third-order valence-corrected chi connectivity index (χ3v) is 1.71. The van der Waals surface area contributed by atoms with Crippen molar-refractivity contribution in [3.8, 4) is 0 Å². The predicted molar refractivity (Wildman–Crippen MR) is 51.6 cm³/mol. The number of hydrogen-bond donors (Lipinski definition) is 3. The van der Waals surface area contributed by atoms with Crippen molar-refractivity contribution in [2.45, 2.75) is 32.4 Å². The average molecular weight is 172 g/mol. The van der Waals surface area contributed by atoms with E-state index in [0.717, 1.165) is 6.42 Å². The molecule has 0 bridgehead atoms. The summed E-state index contributed by atoms with van der Waals surface area (Å²) in [6, 6.07) is -0.203. The van der Waals surface area contributed by atoms with Gasteiger partial charge in [-0.25, -0.2) is 0 Å². The van der Waals surface area contributed by atoms with Crippen molar-refractivity contribution in [3.05, 3.63) is 12.8 Å². The highest BCUT2D eigenvalue weighted by molar-refractivity contribution is 4.77. The molecule has 0 aromatic carbocycles. The van der Waals surface area contributed by atoms with Crippen molar-refractivity contribution < 1.29 is 5.11 Å². The second-order valence-electron chi connectivity index (χ2n) is 3.47. The summed E-state index contributed by atoms with van der Waals surface area (Å²) in [5.41, 5.74) is 5.69. The minimum atomic E-state index is -0.419. The smallest absolute Gasteiger partial charge is 0.0710 e. The van der Waals surface area contributed by atoms with Crippen LogP contribution < -0.4 is 11.1 Å².